The van der Waals surface area contributed by atoms with Crippen molar-refractivity contribution in [2.75, 3.05) is 6.54 Å². The van der Waals surface area contributed by atoms with Gasteiger partial charge in [0.1, 0.15) is 11.9 Å². The van der Waals surface area contributed by atoms with Gasteiger partial charge in [-0.2, -0.15) is 0 Å². The number of urea groups is 1. The van der Waals surface area contributed by atoms with Gasteiger partial charge in [0.25, 0.3) is 0 Å². The fourth-order valence-electron chi connectivity index (χ4n) is 3.54. The third-order valence-electron chi connectivity index (χ3n) is 5.15. The number of nitrogens with one attached hydrogen (secondary N) is 2. The number of rotatable bonds is 5. The van der Waals surface area contributed by atoms with Crippen molar-refractivity contribution in [2.45, 2.75) is 63.0 Å². The Balaban J connectivity index is 1.52. The highest BCUT2D eigenvalue weighted by molar-refractivity contribution is 5.86. The molecule has 2 saturated carbocycles. The van der Waals surface area contributed by atoms with E-state index in [0.29, 0.717) is 24.9 Å². The molecule has 6 heteroatoms. The number of hydrogen-bond acceptors (Lipinski definition) is 3. The van der Waals surface area contributed by atoms with Crippen LogP contribution in [0.1, 0.15) is 51.0 Å². The van der Waals surface area contributed by atoms with Gasteiger partial charge in [-0.05, 0) is 51.5 Å². The highest BCUT2D eigenvalue weighted by Crippen LogP contribution is 2.50. The second-order valence-corrected chi connectivity index (χ2v) is 6.94. The highest BCUT2D eigenvalue weighted by atomic mass is 19.1. The lowest BCUT2D eigenvalue weighted by Crippen LogP contribution is -2.44. The Morgan fingerprint density at radius 1 is 1.20 bits per heavy atom. The van der Waals surface area contributed by atoms with Crippen LogP contribution in [0, 0.1) is 5.82 Å². The van der Waals surface area contributed by atoms with Gasteiger partial charge >= 0.3 is 12.0 Å². The molecule has 0 atom stereocenters. The molecule has 1 aromatic carbocycles. The summed E-state index contributed by atoms with van der Waals surface area (Å²) < 4.78 is 19.7. The normalized spacial score (nSPS) is 24.2. The summed E-state index contributed by atoms with van der Waals surface area (Å²) in [6.07, 6.45) is 4.13. The van der Waals surface area contributed by atoms with Crippen LogP contribution in [0.15, 0.2) is 24.3 Å². The molecule has 3 rings (SSSR count). The molecule has 25 heavy (non-hydrogen) atoms. The van der Waals surface area contributed by atoms with Crippen molar-refractivity contribution in [2.24, 2.45) is 0 Å². The second-order valence-electron chi connectivity index (χ2n) is 6.94. The average Bonchev–Trinajstić information content (AvgIpc) is 3.39. The third kappa shape index (κ3) is 3.94. The number of hydrogen-bond donors (Lipinski definition) is 2. The van der Waals surface area contributed by atoms with E-state index in [0.717, 1.165) is 25.7 Å². The molecule has 0 heterocycles. The first-order valence-electron chi connectivity index (χ1n) is 9.05. The second kappa shape index (κ2) is 7.42. The molecular formula is C19H25FN2O3. The van der Waals surface area contributed by atoms with Gasteiger partial charge < -0.3 is 15.4 Å². The average molecular weight is 348 g/mol. The SMILES string of the molecule is CCNC(=O)NC1CCC(OC(=O)C2(c3ccccc3F)CC2)CC1. The summed E-state index contributed by atoms with van der Waals surface area (Å²) in [6, 6.07) is 6.41. The van der Waals surface area contributed by atoms with Crippen molar-refractivity contribution < 1.29 is 18.7 Å². The maximum Gasteiger partial charge on any atom is 0.316 e. The largest absolute Gasteiger partial charge is 0.462 e. The molecule has 2 amide bonds. The number of benzene rings is 1. The molecule has 2 aliphatic rings. The molecule has 0 radical (unpaired) electrons. The van der Waals surface area contributed by atoms with Gasteiger partial charge in [0, 0.05) is 18.2 Å². The number of esters is 1. The fourth-order valence-corrected chi connectivity index (χ4v) is 3.54. The zero-order valence-corrected chi connectivity index (χ0v) is 14.5. The Hall–Kier alpha value is -2.11. The van der Waals surface area contributed by atoms with E-state index >= 15 is 0 Å². The third-order valence-corrected chi connectivity index (χ3v) is 5.15. The molecule has 0 spiro atoms. The van der Waals surface area contributed by atoms with Crippen LogP contribution in [0.2, 0.25) is 0 Å². The molecule has 0 unspecified atom stereocenters. The summed E-state index contributed by atoms with van der Waals surface area (Å²) in [4.78, 5) is 24.2. The van der Waals surface area contributed by atoms with Gasteiger partial charge in [-0.1, -0.05) is 18.2 Å². The monoisotopic (exact) mass is 348 g/mol. The van der Waals surface area contributed by atoms with E-state index in [1.165, 1.54) is 6.07 Å². The number of carbonyl (C=O) groups is 2. The predicted octanol–water partition coefficient (Wildman–Crippen LogP) is 3.03. The molecule has 0 aromatic heterocycles. The first kappa shape index (κ1) is 17.7. The molecule has 0 saturated heterocycles. The first-order valence-corrected chi connectivity index (χ1v) is 9.05. The Bertz CT molecular complexity index is 637. The van der Waals surface area contributed by atoms with Gasteiger partial charge in [0.2, 0.25) is 0 Å². The maximum atomic E-state index is 14.0. The molecule has 0 bridgehead atoms. The highest BCUT2D eigenvalue weighted by Gasteiger charge is 2.54. The molecular weight excluding hydrogens is 323 g/mol. The summed E-state index contributed by atoms with van der Waals surface area (Å²) in [5.41, 5.74) is -0.340. The Morgan fingerprint density at radius 2 is 1.88 bits per heavy atom. The van der Waals surface area contributed by atoms with Crippen LogP contribution in [0.4, 0.5) is 9.18 Å². The summed E-state index contributed by atoms with van der Waals surface area (Å²) in [7, 11) is 0. The lowest BCUT2D eigenvalue weighted by molar-refractivity contribution is -0.154. The summed E-state index contributed by atoms with van der Waals surface area (Å²) in [6.45, 7) is 2.47. The van der Waals surface area contributed by atoms with E-state index < -0.39 is 5.41 Å². The first-order chi connectivity index (χ1) is 12.0. The van der Waals surface area contributed by atoms with E-state index in [4.69, 9.17) is 4.74 Å². The van der Waals surface area contributed by atoms with Crippen molar-refractivity contribution in [3.8, 4) is 0 Å². The van der Waals surface area contributed by atoms with Crippen molar-refractivity contribution in [1.82, 2.24) is 10.6 Å². The van der Waals surface area contributed by atoms with Crippen LogP contribution in [0.3, 0.4) is 0 Å². The minimum atomic E-state index is -0.790. The molecule has 2 fully saturated rings. The van der Waals surface area contributed by atoms with Crippen molar-refractivity contribution in [3.05, 3.63) is 35.6 Å². The summed E-state index contributed by atoms with van der Waals surface area (Å²) in [5, 5.41) is 5.65. The van der Waals surface area contributed by atoms with Gasteiger partial charge in [0.05, 0.1) is 5.41 Å². The summed E-state index contributed by atoms with van der Waals surface area (Å²) >= 11 is 0. The molecule has 5 nitrogen and oxygen atoms in total. The quantitative estimate of drug-likeness (QED) is 0.804. The lowest BCUT2D eigenvalue weighted by atomic mass is 9.92. The van der Waals surface area contributed by atoms with Crippen LogP contribution < -0.4 is 10.6 Å². The van der Waals surface area contributed by atoms with Crippen LogP contribution >= 0.6 is 0 Å². The van der Waals surface area contributed by atoms with Crippen molar-refractivity contribution in [1.29, 1.82) is 0 Å². The number of amides is 2. The molecule has 136 valence electrons. The Labute approximate surface area is 147 Å². The van der Waals surface area contributed by atoms with Crippen LogP contribution in [0.5, 0.6) is 0 Å². The Kier molecular flexibility index (Phi) is 5.25. The smallest absolute Gasteiger partial charge is 0.316 e. The van der Waals surface area contributed by atoms with Gasteiger partial charge in [-0.15, -0.1) is 0 Å². The van der Waals surface area contributed by atoms with E-state index in [9.17, 15) is 14.0 Å². The number of carbonyl (C=O) groups excluding carboxylic acids is 2. The number of halogens is 1. The Morgan fingerprint density at radius 3 is 2.48 bits per heavy atom. The van der Waals surface area contributed by atoms with Crippen LogP contribution in [0.25, 0.3) is 0 Å². The van der Waals surface area contributed by atoms with E-state index in [-0.39, 0.29) is 30.0 Å². The standard InChI is InChI=1S/C19H25FN2O3/c1-2-21-18(24)22-13-7-9-14(10-8-13)25-17(23)19(11-12-19)15-5-3-4-6-16(15)20/h3-6,13-14H,2,7-12H2,1H3,(H2,21,22,24). The minimum Gasteiger partial charge on any atom is -0.462 e. The maximum absolute atomic E-state index is 14.0. The van der Waals surface area contributed by atoms with Crippen molar-refractivity contribution in [3.63, 3.8) is 0 Å². The zero-order chi connectivity index (χ0) is 17.9. The molecule has 1 aromatic rings. The van der Waals surface area contributed by atoms with Crippen LogP contribution in [-0.2, 0) is 14.9 Å². The predicted molar refractivity (Wildman–Crippen MR) is 91.7 cm³/mol. The number of ether oxygens (including phenoxy) is 1. The summed E-state index contributed by atoms with van der Waals surface area (Å²) in [5.74, 6) is -0.649. The topological polar surface area (TPSA) is 67.4 Å². The lowest BCUT2D eigenvalue weighted by Gasteiger charge is -2.30. The molecule has 0 aliphatic heterocycles. The minimum absolute atomic E-state index is 0.114. The van der Waals surface area contributed by atoms with Crippen LogP contribution in [-0.4, -0.2) is 30.7 Å². The van der Waals surface area contributed by atoms with Gasteiger partial charge in [0.15, 0.2) is 0 Å². The van der Waals surface area contributed by atoms with Crippen molar-refractivity contribution >= 4 is 12.0 Å². The van der Waals surface area contributed by atoms with E-state index in [1.54, 1.807) is 18.2 Å². The van der Waals surface area contributed by atoms with Gasteiger partial charge in [-0.25, -0.2) is 9.18 Å². The molecule has 2 aliphatic carbocycles. The van der Waals surface area contributed by atoms with E-state index in [1.807, 2.05) is 6.92 Å². The molecule has 2 N–H and O–H groups in total. The zero-order valence-electron chi connectivity index (χ0n) is 14.5. The van der Waals surface area contributed by atoms with Gasteiger partial charge in [-0.3, -0.25) is 4.79 Å². The van der Waals surface area contributed by atoms with E-state index in [2.05, 4.69) is 10.6 Å². The fraction of sp³-hybridized carbons (Fsp3) is 0.579.